The molecular weight excluding hydrogens is 154 g/mol. The van der Waals surface area contributed by atoms with Crippen LogP contribution in [-0.4, -0.2) is 24.2 Å². The lowest BCUT2D eigenvalue weighted by molar-refractivity contribution is -0.132. The van der Waals surface area contributed by atoms with Crippen LogP contribution in [0.5, 0.6) is 0 Å². The molecule has 0 aromatic carbocycles. The Morgan fingerprint density at radius 3 is 2.75 bits per heavy atom. The molecule has 0 aromatic heterocycles. The second-order valence-corrected chi connectivity index (χ2v) is 3.51. The summed E-state index contributed by atoms with van der Waals surface area (Å²) in [5.74, 6) is 0.661. The van der Waals surface area contributed by atoms with E-state index in [9.17, 15) is 4.79 Å². The molecule has 0 heterocycles. The number of hydrogen-bond acceptors (Lipinski definition) is 2. The molecular formula is C9H15NO2. The van der Waals surface area contributed by atoms with Crippen LogP contribution in [-0.2, 0) is 4.79 Å². The summed E-state index contributed by atoms with van der Waals surface area (Å²) in [6, 6.07) is 0. The SMILES string of the molecule is C=C(CNCC1CC1C)C(=O)O. The van der Waals surface area contributed by atoms with Gasteiger partial charge in [0.1, 0.15) is 0 Å². The molecule has 0 saturated heterocycles. The third-order valence-corrected chi connectivity index (χ3v) is 2.32. The topological polar surface area (TPSA) is 49.3 Å². The van der Waals surface area contributed by atoms with Crippen molar-refractivity contribution in [2.45, 2.75) is 13.3 Å². The van der Waals surface area contributed by atoms with E-state index in [-0.39, 0.29) is 5.57 Å². The van der Waals surface area contributed by atoms with E-state index in [1.807, 2.05) is 0 Å². The first-order valence-corrected chi connectivity index (χ1v) is 4.23. The van der Waals surface area contributed by atoms with Gasteiger partial charge >= 0.3 is 5.97 Å². The van der Waals surface area contributed by atoms with E-state index >= 15 is 0 Å². The molecule has 12 heavy (non-hydrogen) atoms. The van der Waals surface area contributed by atoms with Crippen molar-refractivity contribution in [3.8, 4) is 0 Å². The van der Waals surface area contributed by atoms with Gasteiger partial charge in [0.15, 0.2) is 0 Å². The Kier molecular flexibility index (Phi) is 2.87. The number of carbonyl (C=O) groups is 1. The number of hydrogen-bond donors (Lipinski definition) is 2. The molecule has 1 aliphatic rings. The van der Waals surface area contributed by atoms with Gasteiger partial charge in [-0.3, -0.25) is 0 Å². The highest BCUT2D eigenvalue weighted by Crippen LogP contribution is 2.36. The quantitative estimate of drug-likeness (QED) is 0.600. The zero-order valence-corrected chi connectivity index (χ0v) is 7.34. The Morgan fingerprint density at radius 2 is 2.33 bits per heavy atom. The highest BCUT2D eigenvalue weighted by Gasteiger charge is 2.31. The molecule has 0 aliphatic heterocycles. The first-order chi connectivity index (χ1) is 5.61. The second-order valence-electron chi connectivity index (χ2n) is 3.51. The van der Waals surface area contributed by atoms with E-state index in [1.165, 1.54) is 6.42 Å². The van der Waals surface area contributed by atoms with Gasteiger partial charge in [-0.1, -0.05) is 13.5 Å². The van der Waals surface area contributed by atoms with E-state index in [4.69, 9.17) is 5.11 Å². The minimum Gasteiger partial charge on any atom is -0.478 e. The van der Waals surface area contributed by atoms with E-state index in [0.717, 1.165) is 18.4 Å². The fourth-order valence-electron chi connectivity index (χ4n) is 1.17. The Labute approximate surface area is 72.5 Å². The number of carboxylic acids is 1. The van der Waals surface area contributed by atoms with Crippen LogP contribution < -0.4 is 5.32 Å². The average molecular weight is 169 g/mol. The minimum atomic E-state index is -0.911. The van der Waals surface area contributed by atoms with Gasteiger partial charge in [-0.05, 0) is 24.8 Å². The highest BCUT2D eigenvalue weighted by atomic mass is 16.4. The molecule has 2 unspecified atom stereocenters. The minimum absolute atomic E-state index is 0.239. The van der Waals surface area contributed by atoms with Crippen molar-refractivity contribution in [3.05, 3.63) is 12.2 Å². The maximum atomic E-state index is 10.3. The summed E-state index contributed by atoms with van der Waals surface area (Å²) in [7, 11) is 0. The first-order valence-electron chi connectivity index (χ1n) is 4.23. The molecule has 0 radical (unpaired) electrons. The summed E-state index contributed by atoms with van der Waals surface area (Å²) in [4.78, 5) is 10.3. The fourth-order valence-corrected chi connectivity index (χ4v) is 1.17. The molecule has 68 valence electrons. The predicted molar refractivity (Wildman–Crippen MR) is 46.9 cm³/mol. The molecule has 0 bridgehead atoms. The van der Waals surface area contributed by atoms with Crippen LogP contribution in [0.2, 0.25) is 0 Å². The summed E-state index contributed by atoms with van der Waals surface area (Å²) in [6.45, 7) is 6.96. The Hall–Kier alpha value is -0.830. The largest absolute Gasteiger partial charge is 0.478 e. The van der Waals surface area contributed by atoms with Crippen molar-refractivity contribution in [3.63, 3.8) is 0 Å². The lowest BCUT2D eigenvalue weighted by Gasteiger charge is -2.02. The maximum absolute atomic E-state index is 10.3. The van der Waals surface area contributed by atoms with Crippen molar-refractivity contribution in [2.24, 2.45) is 11.8 Å². The van der Waals surface area contributed by atoms with Crippen molar-refractivity contribution < 1.29 is 9.90 Å². The summed E-state index contributed by atoms with van der Waals surface area (Å²) in [6.07, 6.45) is 1.27. The van der Waals surface area contributed by atoms with Gasteiger partial charge in [-0.25, -0.2) is 4.79 Å². The van der Waals surface area contributed by atoms with Gasteiger partial charge < -0.3 is 10.4 Å². The zero-order valence-electron chi connectivity index (χ0n) is 7.34. The van der Waals surface area contributed by atoms with Crippen LogP contribution >= 0.6 is 0 Å². The van der Waals surface area contributed by atoms with Crippen LogP contribution in [0.3, 0.4) is 0 Å². The van der Waals surface area contributed by atoms with Crippen LogP contribution in [0.1, 0.15) is 13.3 Å². The lowest BCUT2D eigenvalue weighted by Crippen LogP contribution is -2.22. The highest BCUT2D eigenvalue weighted by molar-refractivity contribution is 5.86. The molecule has 1 aliphatic carbocycles. The predicted octanol–water partition coefficient (Wildman–Crippen LogP) is 0.873. The van der Waals surface area contributed by atoms with Gasteiger partial charge in [-0.15, -0.1) is 0 Å². The van der Waals surface area contributed by atoms with Crippen molar-refractivity contribution >= 4 is 5.97 Å². The molecule has 3 heteroatoms. The van der Waals surface area contributed by atoms with Crippen LogP contribution in [0.15, 0.2) is 12.2 Å². The van der Waals surface area contributed by atoms with Gasteiger partial charge in [0.2, 0.25) is 0 Å². The molecule has 0 spiro atoms. The molecule has 1 fully saturated rings. The first kappa shape index (κ1) is 9.26. The van der Waals surface area contributed by atoms with Crippen LogP contribution in [0, 0.1) is 11.8 Å². The summed E-state index contributed by atoms with van der Waals surface area (Å²) < 4.78 is 0. The zero-order chi connectivity index (χ0) is 9.14. The molecule has 2 N–H and O–H groups in total. The second kappa shape index (κ2) is 3.72. The molecule has 0 aromatic rings. The van der Waals surface area contributed by atoms with Crippen molar-refractivity contribution in [1.29, 1.82) is 0 Å². The third kappa shape index (κ3) is 2.66. The molecule has 0 amide bonds. The van der Waals surface area contributed by atoms with Gasteiger partial charge in [-0.2, -0.15) is 0 Å². The fraction of sp³-hybridized carbons (Fsp3) is 0.667. The average Bonchev–Trinajstić information content (AvgIpc) is 2.66. The molecule has 1 rings (SSSR count). The van der Waals surface area contributed by atoms with E-state index in [0.29, 0.717) is 6.54 Å². The van der Waals surface area contributed by atoms with Crippen LogP contribution in [0.4, 0.5) is 0 Å². The van der Waals surface area contributed by atoms with E-state index in [2.05, 4.69) is 18.8 Å². The van der Waals surface area contributed by atoms with Crippen LogP contribution in [0.25, 0.3) is 0 Å². The van der Waals surface area contributed by atoms with Crippen molar-refractivity contribution in [2.75, 3.05) is 13.1 Å². The van der Waals surface area contributed by atoms with Gasteiger partial charge in [0, 0.05) is 12.1 Å². The van der Waals surface area contributed by atoms with Gasteiger partial charge in [0.05, 0.1) is 0 Å². The molecule has 3 nitrogen and oxygen atoms in total. The number of aliphatic carboxylic acids is 1. The van der Waals surface area contributed by atoms with E-state index < -0.39 is 5.97 Å². The summed E-state index contributed by atoms with van der Waals surface area (Å²) in [5, 5.41) is 11.6. The Balaban J connectivity index is 2.02. The normalized spacial score (nSPS) is 26.8. The summed E-state index contributed by atoms with van der Waals surface area (Å²) in [5.41, 5.74) is 0.239. The standard InChI is InChI=1S/C9H15NO2/c1-6-3-8(6)5-10-4-7(2)9(11)12/h6,8,10H,2-5H2,1H3,(H,11,12). The van der Waals surface area contributed by atoms with E-state index in [1.54, 1.807) is 0 Å². The smallest absolute Gasteiger partial charge is 0.332 e. The third-order valence-electron chi connectivity index (χ3n) is 2.32. The Morgan fingerprint density at radius 1 is 1.75 bits per heavy atom. The maximum Gasteiger partial charge on any atom is 0.332 e. The molecule has 1 saturated carbocycles. The van der Waals surface area contributed by atoms with Gasteiger partial charge in [0.25, 0.3) is 0 Å². The lowest BCUT2D eigenvalue weighted by atomic mass is 10.3. The van der Waals surface area contributed by atoms with Crippen molar-refractivity contribution in [1.82, 2.24) is 5.32 Å². The monoisotopic (exact) mass is 169 g/mol. The number of carboxylic acid groups (broad SMARTS) is 1. The molecule has 2 atom stereocenters. The Bertz CT molecular complexity index is 201. The number of nitrogens with one attached hydrogen (secondary N) is 1. The number of rotatable bonds is 5. The summed E-state index contributed by atoms with van der Waals surface area (Å²) >= 11 is 0.